The second kappa shape index (κ2) is 6.63. The summed E-state index contributed by atoms with van der Waals surface area (Å²) in [5.74, 6) is 1.50. The van der Waals surface area contributed by atoms with Crippen LogP contribution in [0.3, 0.4) is 0 Å². The Morgan fingerprint density at radius 2 is 2.00 bits per heavy atom. The van der Waals surface area contributed by atoms with Crippen LogP contribution in [0.2, 0.25) is 0 Å². The van der Waals surface area contributed by atoms with E-state index in [1.807, 2.05) is 6.92 Å². The molecule has 94 valence electrons. The van der Waals surface area contributed by atoms with Crippen LogP contribution in [0.1, 0.15) is 52.9 Å². The molecule has 1 aliphatic carbocycles. The zero-order chi connectivity index (χ0) is 12.1. The van der Waals surface area contributed by atoms with Crippen molar-refractivity contribution in [1.82, 2.24) is 5.32 Å². The van der Waals surface area contributed by atoms with Gasteiger partial charge in [-0.2, -0.15) is 0 Å². The molecule has 1 amide bonds. The van der Waals surface area contributed by atoms with Crippen molar-refractivity contribution in [2.75, 3.05) is 0 Å². The maximum Gasteiger partial charge on any atom is 0.233 e. The van der Waals surface area contributed by atoms with E-state index in [-0.39, 0.29) is 10.7 Å². The quantitative estimate of drug-likeness (QED) is 0.789. The van der Waals surface area contributed by atoms with Crippen molar-refractivity contribution in [3.05, 3.63) is 0 Å². The lowest BCUT2D eigenvalue weighted by molar-refractivity contribution is -0.121. The molecule has 0 heterocycles. The summed E-state index contributed by atoms with van der Waals surface area (Å²) in [5.41, 5.74) is 0. The lowest BCUT2D eigenvalue weighted by atomic mass is 9.78. The summed E-state index contributed by atoms with van der Waals surface area (Å²) >= 11 is 3.41. The van der Waals surface area contributed by atoms with Crippen LogP contribution in [0.5, 0.6) is 0 Å². The molecule has 2 nitrogen and oxygen atoms in total. The monoisotopic (exact) mass is 289 g/mol. The molecular weight excluding hydrogens is 266 g/mol. The van der Waals surface area contributed by atoms with E-state index in [2.05, 4.69) is 35.1 Å². The maximum absolute atomic E-state index is 11.9. The minimum absolute atomic E-state index is 0.0257. The van der Waals surface area contributed by atoms with Crippen molar-refractivity contribution >= 4 is 21.8 Å². The fourth-order valence-electron chi connectivity index (χ4n) is 2.60. The van der Waals surface area contributed by atoms with E-state index >= 15 is 0 Å². The normalized spacial score (nSPS) is 27.8. The summed E-state index contributed by atoms with van der Waals surface area (Å²) in [6, 6.07) is 0.396. The largest absolute Gasteiger partial charge is 0.352 e. The van der Waals surface area contributed by atoms with E-state index < -0.39 is 0 Å². The summed E-state index contributed by atoms with van der Waals surface area (Å²) in [7, 11) is 0. The fraction of sp³-hybridized carbons (Fsp3) is 0.923. The molecular formula is C13H24BrNO. The average Bonchev–Trinajstić information content (AvgIpc) is 2.28. The van der Waals surface area contributed by atoms with E-state index in [1.165, 1.54) is 19.3 Å². The molecule has 0 aromatic heterocycles. The standard InChI is InChI=1S/C13H24BrNO/c1-4-11(14)13(16)15-12-8-6-5-7-10(12)9(2)3/h9-12H,4-8H2,1-3H3,(H,15,16). The van der Waals surface area contributed by atoms with E-state index in [1.54, 1.807) is 0 Å². The van der Waals surface area contributed by atoms with Crippen LogP contribution in [0.4, 0.5) is 0 Å². The first-order valence-electron chi connectivity index (χ1n) is 6.50. The number of rotatable bonds is 4. The minimum Gasteiger partial charge on any atom is -0.352 e. The van der Waals surface area contributed by atoms with Crippen LogP contribution >= 0.6 is 15.9 Å². The van der Waals surface area contributed by atoms with Gasteiger partial charge in [0.2, 0.25) is 5.91 Å². The minimum atomic E-state index is -0.0257. The van der Waals surface area contributed by atoms with E-state index in [9.17, 15) is 4.79 Å². The molecule has 1 N–H and O–H groups in total. The third-order valence-corrected chi connectivity index (χ3v) is 4.71. The van der Waals surface area contributed by atoms with Crippen LogP contribution in [-0.4, -0.2) is 16.8 Å². The lowest BCUT2D eigenvalue weighted by Crippen LogP contribution is -2.46. The Bertz CT molecular complexity index is 230. The number of amides is 1. The van der Waals surface area contributed by atoms with Crippen molar-refractivity contribution in [2.24, 2.45) is 11.8 Å². The Balaban J connectivity index is 2.52. The fourth-order valence-corrected chi connectivity index (χ4v) is 2.73. The first kappa shape index (κ1) is 14.0. The SMILES string of the molecule is CCC(Br)C(=O)NC1CCCCC1C(C)C. The number of carbonyl (C=O) groups is 1. The van der Waals surface area contributed by atoms with Gasteiger partial charge in [-0.15, -0.1) is 0 Å². The summed E-state index contributed by atoms with van der Waals surface area (Å²) < 4.78 is 0. The van der Waals surface area contributed by atoms with Gasteiger partial charge in [0.25, 0.3) is 0 Å². The molecule has 0 aliphatic heterocycles. The van der Waals surface area contributed by atoms with Gasteiger partial charge in [-0.25, -0.2) is 0 Å². The Kier molecular flexibility index (Phi) is 5.81. The van der Waals surface area contributed by atoms with Gasteiger partial charge >= 0.3 is 0 Å². The Morgan fingerprint density at radius 1 is 1.38 bits per heavy atom. The van der Waals surface area contributed by atoms with Crippen LogP contribution < -0.4 is 5.32 Å². The van der Waals surface area contributed by atoms with E-state index in [0.717, 1.165) is 12.8 Å². The van der Waals surface area contributed by atoms with Crippen LogP contribution in [0.15, 0.2) is 0 Å². The van der Waals surface area contributed by atoms with Gasteiger partial charge in [-0.05, 0) is 31.1 Å². The first-order valence-corrected chi connectivity index (χ1v) is 7.42. The molecule has 16 heavy (non-hydrogen) atoms. The molecule has 0 bridgehead atoms. The number of carbonyl (C=O) groups excluding carboxylic acids is 1. The number of halogens is 1. The first-order chi connectivity index (χ1) is 7.56. The zero-order valence-corrected chi connectivity index (χ0v) is 12.2. The molecule has 0 radical (unpaired) electrons. The van der Waals surface area contributed by atoms with Crippen LogP contribution in [0.25, 0.3) is 0 Å². The topological polar surface area (TPSA) is 29.1 Å². The van der Waals surface area contributed by atoms with Crippen molar-refractivity contribution < 1.29 is 4.79 Å². The molecule has 0 aromatic carbocycles. The van der Waals surface area contributed by atoms with Crippen molar-refractivity contribution in [1.29, 1.82) is 0 Å². The number of alkyl halides is 1. The van der Waals surface area contributed by atoms with Crippen LogP contribution in [-0.2, 0) is 4.79 Å². The molecule has 0 spiro atoms. The predicted octanol–water partition coefficient (Wildman–Crippen LogP) is 3.49. The predicted molar refractivity (Wildman–Crippen MR) is 71.7 cm³/mol. The summed E-state index contributed by atoms with van der Waals surface area (Å²) in [4.78, 5) is 11.8. The molecule has 3 atom stereocenters. The van der Waals surface area contributed by atoms with Gasteiger partial charge in [0, 0.05) is 6.04 Å². The molecule has 0 saturated heterocycles. The van der Waals surface area contributed by atoms with Gasteiger partial charge < -0.3 is 5.32 Å². The molecule has 1 aliphatic rings. The maximum atomic E-state index is 11.9. The van der Waals surface area contributed by atoms with Gasteiger partial charge in [-0.3, -0.25) is 4.79 Å². The lowest BCUT2D eigenvalue weighted by Gasteiger charge is -2.35. The van der Waals surface area contributed by atoms with E-state index in [0.29, 0.717) is 17.9 Å². The van der Waals surface area contributed by atoms with Gasteiger partial charge in [0.15, 0.2) is 0 Å². The number of nitrogens with one attached hydrogen (secondary N) is 1. The number of hydrogen-bond acceptors (Lipinski definition) is 1. The van der Waals surface area contributed by atoms with Crippen molar-refractivity contribution in [3.63, 3.8) is 0 Å². The molecule has 1 saturated carbocycles. The summed E-state index contributed by atoms with van der Waals surface area (Å²) in [5, 5.41) is 3.22. The second-order valence-electron chi connectivity index (χ2n) is 5.18. The Hall–Kier alpha value is -0.0500. The van der Waals surface area contributed by atoms with Gasteiger partial charge in [-0.1, -0.05) is 49.5 Å². The Labute approximate surface area is 108 Å². The molecule has 1 rings (SSSR count). The van der Waals surface area contributed by atoms with E-state index in [4.69, 9.17) is 0 Å². The highest BCUT2D eigenvalue weighted by Crippen LogP contribution is 2.30. The average molecular weight is 290 g/mol. The number of hydrogen-bond donors (Lipinski definition) is 1. The summed E-state index contributed by atoms with van der Waals surface area (Å²) in [6.45, 7) is 6.56. The zero-order valence-electron chi connectivity index (χ0n) is 10.6. The third-order valence-electron chi connectivity index (χ3n) is 3.65. The highest BCUT2D eigenvalue weighted by Gasteiger charge is 2.29. The van der Waals surface area contributed by atoms with Gasteiger partial charge in [0.05, 0.1) is 4.83 Å². The van der Waals surface area contributed by atoms with Crippen molar-refractivity contribution in [3.8, 4) is 0 Å². The molecule has 3 heteroatoms. The molecule has 1 fully saturated rings. The van der Waals surface area contributed by atoms with Crippen LogP contribution in [0, 0.1) is 11.8 Å². The highest BCUT2D eigenvalue weighted by atomic mass is 79.9. The summed E-state index contributed by atoms with van der Waals surface area (Å²) in [6.07, 6.45) is 5.85. The Morgan fingerprint density at radius 3 is 2.56 bits per heavy atom. The third kappa shape index (κ3) is 3.76. The molecule has 3 unspecified atom stereocenters. The molecule has 0 aromatic rings. The smallest absolute Gasteiger partial charge is 0.233 e. The van der Waals surface area contributed by atoms with Gasteiger partial charge in [0.1, 0.15) is 0 Å². The second-order valence-corrected chi connectivity index (χ2v) is 6.29. The highest BCUT2D eigenvalue weighted by molar-refractivity contribution is 9.10. The van der Waals surface area contributed by atoms with Crippen molar-refractivity contribution in [2.45, 2.75) is 63.7 Å².